The van der Waals surface area contributed by atoms with Gasteiger partial charge in [-0.15, -0.1) is 0 Å². The van der Waals surface area contributed by atoms with Crippen LogP contribution in [0.1, 0.15) is 74.1 Å². The normalized spacial score (nSPS) is 26.1. The highest BCUT2D eigenvalue weighted by Gasteiger charge is 2.42. The minimum atomic E-state index is 0.658. The first kappa shape index (κ1) is 15.1. The van der Waals surface area contributed by atoms with Gasteiger partial charge in [0.15, 0.2) is 0 Å². The number of hydrogen-bond acceptors (Lipinski definition) is 0. The molecular weight excluding hydrogens is 204 g/mol. The quantitative estimate of drug-likeness (QED) is 0.551. The second kappa shape index (κ2) is 5.76. The van der Waals surface area contributed by atoms with Crippen molar-refractivity contribution in [1.29, 1.82) is 0 Å². The maximum atomic E-state index is 2.52. The molecule has 17 heavy (non-hydrogen) atoms. The van der Waals surface area contributed by atoms with Gasteiger partial charge >= 0.3 is 0 Å². The van der Waals surface area contributed by atoms with Crippen LogP contribution in [-0.2, 0) is 0 Å². The van der Waals surface area contributed by atoms with Crippen molar-refractivity contribution in [3.05, 3.63) is 0 Å². The summed E-state index contributed by atoms with van der Waals surface area (Å²) in [5.41, 5.74) is 0.658. The van der Waals surface area contributed by atoms with Crippen LogP contribution in [0.3, 0.4) is 0 Å². The first-order chi connectivity index (χ1) is 7.83. The van der Waals surface area contributed by atoms with E-state index >= 15 is 0 Å². The van der Waals surface area contributed by atoms with Crippen LogP contribution in [-0.4, -0.2) is 0 Å². The van der Waals surface area contributed by atoms with Gasteiger partial charge in [0, 0.05) is 0 Å². The molecule has 0 heteroatoms. The topological polar surface area (TPSA) is 0 Å². The van der Waals surface area contributed by atoms with E-state index in [0.717, 1.165) is 29.6 Å². The molecule has 0 nitrogen and oxygen atoms in total. The van der Waals surface area contributed by atoms with Crippen molar-refractivity contribution in [2.45, 2.75) is 74.1 Å². The summed E-state index contributed by atoms with van der Waals surface area (Å²) < 4.78 is 0. The van der Waals surface area contributed by atoms with Gasteiger partial charge in [0.1, 0.15) is 0 Å². The fourth-order valence-corrected chi connectivity index (χ4v) is 3.88. The lowest BCUT2D eigenvalue weighted by atomic mass is 9.56. The van der Waals surface area contributed by atoms with Crippen LogP contribution < -0.4 is 0 Å². The van der Waals surface area contributed by atoms with Crippen molar-refractivity contribution in [3.8, 4) is 0 Å². The maximum absolute atomic E-state index is 2.52. The average molecular weight is 238 g/mol. The van der Waals surface area contributed by atoms with Gasteiger partial charge in [-0.05, 0) is 47.8 Å². The fraction of sp³-hybridized carbons (Fsp3) is 1.00. The molecule has 4 atom stereocenters. The predicted molar refractivity (Wildman–Crippen MR) is 78.1 cm³/mol. The van der Waals surface area contributed by atoms with E-state index in [2.05, 4.69) is 48.5 Å². The molecule has 1 rings (SSSR count). The Bertz CT molecular complexity index is 224. The van der Waals surface area contributed by atoms with E-state index in [9.17, 15) is 0 Å². The average Bonchev–Trinajstić information content (AvgIpc) is 2.25. The van der Waals surface area contributed by atoms with Gasteiger partial charge < -0.3 is 0 Å². The van der Waals surface area contributed by atoms with Crippen LogP contribution in [0.5, 0.6) is 0 Å². The summed E-state index contributed by atoms with van der Waals surface area (Å²) in [5, 5.41) is 0. The van der Waals surface area contributed by atoms with E-state index in [4.69, 9.17) is 0 Å². The lowest BCUT2D eigenvalue weighted by molar-refractivity contribution is 0.00866. The molecule has 1 fully saturated rings. The van der Waals surface area contributed by atoms with E-state index in [1.807, 2.05) is 0 Å². The van der Waals surface area contributed by atoms with Crippen LogP contribution in [0.15, 0.2) is 0 Å². The Labute approximate surface area is 110 Å². The highest BCUT2D eigenvalue weighted by molar-refractivity contribution is 4.92. The molecule has 0 aliphatic heterocycles. The molecule has 0 bridgehead atoms. The molecule has 0 aromatic carbocycles. The standard InChI is InChI=1S/C17H34/c1-8-16(14(5)13(4)12(2)3)15(6)17(7)10-9-11-17/h12-16H,8-11H2,1-7H3. The molecule has 0 radical (unpaired) electrons. The summed E-state index contributed by atoms with van der Waals surface area (Å²) in [6.07, 6.45) is 5.75. The van der Waals surface area contributed by atoms with E-state index in [-0.39, 0.29) is 0 Å². The second-order valence-electron chi connectivity index (χ2n) is 7.33. The summed E-state index contributed by atoms with van der Waals surface area (Å²) in [7, 11) is 0. The van der Waals surface area contributed by atoms with Crippen molar-refractivity contribution < 1.29 is 0 Å². The van der Waals surface area contributed by atoms with Crippen molar-refractivity contribution in [2.24, 2.45) is 35.0 Å². The van der Waals surface area contributed by atoms with E-state index in [1.54, 1.807) is 0 Å². The van der Waals surface area contributed by atoms with Gasteiger partial charge in [-0.2, -0.15) is 0 Å². The minimum absolute atomic E-state index is 0.658. The van der Waals surface area contributed by atoms with E-state index in [0.29, 0.717) is 5.41 Å². The van der Waals surface area contributed by atoms with Crippen LogP contribution in [0.25, 0.3) is 0 Å². The van der Waals surface area contributed by atoms with Crippen LogP contribution in [0, 0.1) is 35.0 Å². The van der Waals surface area contributed by atoms with Crippen molar-refractivity contribution in [2.75, 3.05) is 0 Å². The molecule has 0 aromatic heterocycles. The van der Waals surface area contributed by atoms with Gasteiger partial charge in [0.05, 0.1) is 0 Å². The van der Waals surface area contributed by atoms with Crippen molar-refractivity contribution in [1.82, 2.24) is 0 Å². The van der Waals surface area contributed by atoms with Crippen LogP contribution in [0.4, 0.5) is 0 Å². The number of rotatable bonds is 6. The smallest absolute Gasteiger partial charge is 0.0297 e. The Morgan fingerprint density at radius 2 is 1.47 bits per heavy atom. The highest BCUT2D eigenvalue weighted by atomic mass is 14.5. The van der Waals surface area contributed by atoms with Gasteiger partial charge in [-0.25, -0.2) is 0 Å². The molecule has 0 N–H and O–H groups in total. The lowest BCUT2D eigenvalue weighted by Crippen LogP contribution is -2.40. The Hall–Kier alpha value is 0. The third-order valence-corrected chi connectivity index (χ3v) is 6.26. The third-order valence-electron chi connectivity index (χ3n) is 6.26. The molecule has 102 valence electrons. The van der Waals surface area contributed by atoms with Gasteiger partial charge in [0.2, 0.25) is 0 Å². The zero-order valence-corrected chi connectivity index (χ0v) is 13.2. The van der Waals surface area contributed by atoms with Crippen LogP contribution >= 0.6 is 0 Å². The summed E-state index contributed by atoms with van der Waals surface area (Å²) in [4.78, 5) is 0. The minimum Gasteiger partial charge on any atom is -0.0651 e. The zero-order valence-electron chi connectivity index (χ0n) is 13.2. The molecule has 0 amide bonds. The molecule has 0 aromatic rings. The maximum Gasteiger partial charge on any atom is -0.0297 e. The summed E-state index contributed by atoms with van der Waals surface area (Å²) >= 11 is 0. The predicted octanol–water partition coefficient (Wildman–Crippen LogP) is 5.77. The highest BCUT2D eigenvalue weighted by Crippen LogP contribution is 2.52. The first-order valence-corrected chi connectivity index (χ1v) is 7.83. The van der Waals surface area contributed by atoms with Gasteiger partial charge in [-0.3, -0.25) is 0 Å². The Morgan fingerprint density at radius 1 is 0.941 bits per heavy atom. The Kier molecular flexibility index (Phi) is 5.10. The van der Waals surface area contributed by atoms with E-state index in [1.165, 1.54) is 25.7 Å². The molecule has 1 aliphatic carbocycles. The summed E-state index contributed by atoms with van der Waals surface area (Å²) in [5.74, 6) is 4.36. The largest absolute Gasteiger partial charge is 0.0651 e. The number of hydrogen-bond donors (Lipinski definition) is 0. The molecule has 1 aliphatic rings. The van der Waals surface area contributed by atoms with Crippen LogP contribution in [0.2, 0.25) is 0 Å². The van der Waals surface area contributed by atoms with Crippen molar-refractivity contribution in [3.63, 3.8) is 0 Å². The van der Waals surface area contributed by atoms with E-state index < -0.39 is 0 Å². The summed E-state index contributed by atoms with van der Waals surface area (Å²) in [6, 6.07) is 0. The Morgan fingerprint density at radius 3 is 1.76 bits per heavy atom. The molecule has 4 unspecified atom stereocenters. The molecule has 0 heterocycles. The van der Waals surface area contributed by atoms with Gasteiger partial charge in [-0.1, -0.05) is 61.3 Å². The molecule has 1 saturated carbocycles. The lowest BCUT2D eigenvalue weighted by Gasteiger charge is -2.49. The third kappa shape index (κ3) is 3.06. The SMILES string of the molecule is CCC(C(C)C(C)C(C)C)C(C)C1(C)CCC1. The first-order valence-electron chi connectivity index (χ1n) is 7.83. The van der Waals surface area contributed by atoms with Gasteiger partial charge in [0.25, 0.3) is 0 Å². The molecule has 0 spiro atoms. The fourth-order valence-electron chi connectivity index (χ4n) is 3.88. The zero-order chi connectivity index (χ0) is 13.2. The Balaban J connectivity index is 2.69. The molecular formula is C17H34. The monoisotopic (exact) mass is 238 g/mol. The molecule has 0 saturated heterocycles. The van der Waals surface area contributed by atoms with Crippen molar-refractivity contribution >= 4 is 0 Å². The second-order valence-corrected chi connectivity index (χ2v) is 7.33. The summed E-state index contributed by atoms with van der Waals surface area (Å²) in [6.45, 7) is 17.2.